The summed E-state index contributed by atoms with van der Waals surface area (Å²) >= 11 is 5.75. The summed E-state index contributed by atoms with van der Waals surface area (Å²) in [7, 11) is 0.805. The second kappa shape index (κ2) is 6.53. The monoisotopic (exact) mass is 402 g/mol. The molecule has 0 fully saturated rings. The van der Waals surface area contributed by atoms with Crippen LogP contribution in [0, 0.1) is 0 Å². The fourth-order valence-electron chi connectivity index (χ4n) is 2.11. The molecular weight excluding hydrogens is 391 g/mol. The molecule has 1 aromatic rings. The molecule has 1 atom stereocenters. The van der Waals surface area contributed by atoms with Crippen molar-refractivity contribution in [3.05, 3.63) is 34.9 Å². The van der Waals surface area contributed by atoms with Crippen molar-refractivity contribution >= 4 is 11.6 Å². The van der Waals surface area contributed by atoms with Crippen LogP contribution in [0.5, 0.6) is 0 Å². The summed E-state index contributed by atoms with van der Waals surface area (Å²) in [6, 6.07) is 4.93. The van der Waals surface area contributed by atoms with E-state index in [1.54, 1.807) is 0 Å². The van der Waals surface area contributed by atoms with Gasteiger partial charge in [0, 0.05) is 17.7 Å². The lowest BCUT2D eigenvalue weighted by atomic mass is 9.85. The van der Waals surface area contributed by atoms with Crippen molar-refractivity contribution in [2.45, 2.75) is 42.9 Å². The number of methoxy groups -OCH3 is 1. The summed E-state index contributed by atoms with van der Waals surface area (Å²) in [5, 5.41) is -0.214. The average Bonchev–Trinajstić information content (AvgIpc) is 2.45. The number of ether oxygens (including phenoxy) is 1. The van der Waals surface area contributed by atoms with Gasteiger partial charge in [0.05, 0.1) is 12.0 Å². The van der Waals surface area contributed by atoms with E-state index < -0.39 is 36.0 Å². The summed E-state index contributed by atoms with van der Waals surface area (Å²) in [5.74, 6) is -19.4. The quantitative estimate of drug-likeness (QED) is 0.526. The van der Waals surface area contributed by atoms with Gasteiger partial charge >= 0.3 is 23.9 Å². The predicted octanol–water partition coefficient (Wildman–Crippen LogP) is 6.06. The molecule has 0 saturated carbocycles. The molecule has 0 N–H and O–H groups in total. The first-order valence-corrected chi connectivity index (χ1v) is 6.91. The fourth-order valence-corrected chi connectivity index (χ4v) is 2.45. The van der Waals surface area contributed by atoms with Crippen LogP contribution in [-0.4, -0.2) is 31.1 Å². The Balaban J connectivity index is 3.36. The van der Waals surface area contributed by atoms with Gasteiger partial charge in [0.2, 0.25) is 0 Å². The molecule has 1 nitrogen and oxygen atoms in total. The first-order valence-electron chi connectivity index (χ1n) is 6.54. The summed E-state index contributed by atoms with van der Waals surface area (Å²) in [6.07, 6.45) is -9.04. The summed E-state index contributed by atoms with van der Waals surface area (Å²) in [6.45, 7) is 0.823. The third-order valence-electron chi connectivity index (χ3n) is 3.66. The van der Waals surface area contributed by atoms with Crippen LogP contribution in [0.1, 0.15) is 18.9 Å². The second-order valence-electron chi connectivity index (χ2n) is 5.44. The van der Waals surface area contributed by atoms with Gasteiger partial charge in [-0.05, 0) is 13.0 Å². The first kappa shape index (κ1) is 21.9. The Kier molecular flexibility index (Phi) is 5.72. The number of halogens is 10. The molecule has 0 amide bonds. The van der Waals surface area contributed by atoms with Crippen molar-refractivity contribution < 1.29 is 44.3 Å². The molecule has 1 rings (SSSR count). The van der Waals surface area contributed by atoms with Gasteiger partial charge in [-0.1, -0.05) is 29.8 Å². The van der Waals surface area contributed by atoms with Crippen molar-refractivity contribution in [3.63, 3.8) is 0 Å². The molecule has 0 aliphatic heterocycles. The minimum atomic E-state index is -6.95. The highest BCUT2D eigenvalue weighted by molar-refractivity contribution is 6.31. The van der Waals surface area contributed by atoms with E-state index in [9.17, 15) is 39.5 Å². The van der Waals surface area contributed by atoms with Gasteiger partial charge in [-0.15, -0.1) is 0 Å². The molecule has 0 radical (unpaired) electrons. The van der Waals surface area contributed by atoms with Crippen LogP contribution in [0.2, 0.25) is 5.02 Å². The van der Waals surface area contributed by atoms with Crippen LogP contribution in [0.25, 0.3) is 0 Å². The highest BCUT2D eigenvalue weighted by Crippen LogP contribution is 2.56. The molecule has 25 heavy (non-hydrogen) atoms. The predicted molar refractivity (Wildman–Crippen MR) is 71.3 cm³/mol. The number of hydrogen-bond donors (Lipinski definition) is 0. The zero-order chi connectivity index (χ0) is 19.9. The number of benzene rings is 1. The van der Waals surface area contributed by atoms with Gasteiger partial charge in [0.15, 0.2) is 0 Å². The Bertz CT molecular complexity index is 615. The molecule has 144 valence electrons. The Morgan fingerprint density at radius 3 is 1.76 bits per heavy atom. The maximum atomic E-state index is 13.9. The standard InChI is InChI=1S/C14H12ClF9O/c1-10(25-2,8-5-3-4-6-9(8)15)7-11(16,17)12(18,19)13(20,21)14(22,23)24/h3-6H,7H2,1-2H3. The van der Waals surface area contributed by atoms with Gasteiger partial charge in [0.25, 0.3) is 0 Å². The fraction of sp³-hybridized carbons (Fsp3) is 0.571. The van der Waals surface area contributed by atoms with E-state index in [0.29, 0.717) is 0 Å². The summed E-state index contributed by atoms with van der Waals surface area (Å²) in [5.41, 5.74) is -2.63. The lowest BCUT2D eigenvalue weighted by molar-refractivity contribution is -0.400. The number of alkyl halides is 9. The number of hydrogen-bond acceptors (Lipinski definition) is 1. The molecule has 11 heteroatoms. The Morgan fingerprint density at radius 2 is 1.36 bits per heavy atom. The Morgan fingerprint density at radius 1 is 0.880 bits per heavy atom. The van der Waals surface area contributed by atoms with Gasteiger partial charge in [-0.25, -0.2) is 0 Å². The SMILES string of the molecule is COC(C)(CC(F)(F)C(F)(F)C(F)(F)C(F)(F)F)c1ccccc1Cl. The minimum Gasteiger partial charge on any atom is -0.374 e. The van der Waals surface area contributed by atoms with E-state index in [2.05, 4.69) is 0 Å². The molecule has 0 aliphatic rings. The van der Waals surface area contributed by atoms with Gasteiger partial charge in [-0.2, -0.15) is 39.5 Å². The van der Waals surface area contributed by atoms with Gasteiger partial charge in [0.1, 0.15) is 0 Å². The smallest absolute Gasteiger partial charge is 0.374 e. The number of rotatable bonds is 6. The second-order valence-corrected chi connectivity index (χ2v) is 5.85. The molecule has 1 unspecified atom stereocenters. The Labute approximate surface area is 141 Å². The maximum absolute atomic E-state index is 13.9. The van der Waals surface area contributed by atoms with Crippen molar-refractivity contribution in [3.8, 4) is 0 Å². The van der Waals surface area contributed by atoms with Crippen molar-refractivity contribution in [1.29, 1.82) is 0 Å². The van der Waals surface area contributed by atoms with Gasteiger partial charge < -0.3 is 4.74 Å². The normalized spacial score (nSPS) is 16.6. The zero-order valence-electron chi connectivity index (χ0n) is 12.7. The van der Waals surface area contributed by atoms with Crippen LogP contribution in [0.4, 0.5) is 39.5 Å². The molecule has 0 aliphatic carbocycles. The molecule has 0 heterocycles. The highest BCUT2D eigenvalue weighted by atomic mass is 35.5. The third kappa shape index (κ3) is 3.69. The molecule has 1 aromatic carbocycles. The first-order chi connectivity index (χ1) is 11.0. The van der Waals surface area contributed by atoms with E-state index in [4.69, 9.17) is 16.3 Å². The lowest BCUT2D eigenvalue weighted by Gasteiger charge is -2.38. The average molecular weight is 403 g/mol. The van der Waals surface area contributed by atoms with Crippen LogP contribution < -0.4 is 0 Å². The van der Waals surface area contributed by atoms with Crippen LogP contribution in [-0.2, 0) is 10.3 Å². The molecule has 0 aromatic heterocycles. The zero-order valence-corrected chi connectivity index (χ0v) is 13.5. The molecule has 0 spiro atoms. The van der Waals surface area contributed by atoms with E-state index in [-0.39, 0.29) is 10.6 Å². The molecule has 0 bridgehead atoms. The Hall–Kier alpha value is -1.16. The van der Waals surface area contributed by atoms with Crippen LogP contribution in [0.3, 0.4) is 0 Å². The van der Waals surface area contributed by atoms with E-state index in [1.807, 2.05) is 0 Å². The topological polar surface area (TPSA) is 9.23 Å². The van der Waals surface area contributed by atoms with Crippen molar-refractivity contribution in [2.24, 2.45) is 0 Å². The van der Waals surface area contributed by atoms with E-state index in [1.165, 1.54) is 18.2 Å². The van der Waals surface area contributed by atoms with Crippen molar-refractivity contribution in [1.82, 2.24) is 0 Å². The van der Waals surface area contributed by atoms with E-state index in [0.717, 1.165) is 20.1 Å². The van der Waals surface area contributed by atoms with Crippen molar-refractivity contribution in [2.75, 3.05) is 7.11 Å². The third-order valence-corrected chi connectivity index (χ3v) is 3.99. The largest absolute Gasteiger partial charge is 0.460 e. The lowest BCUT2D eigenvalue weighted by Crippen LogP contribution is -2.62. The molecular formula is C14H12ClF9O. The van der Waals surface area contributed by atoms with Gasteiger partial charge in [-0.3, -0.25) is 0 Å². The highest BCUT2D eigenvalue weighted by Gasteiger charge is 2.82. The summed E-state index contributed by atoms with van der Waals surface area (Å²) in [4.78, 5) is 0. The minimum absolute atomic E-state index is 0.214. The van der Waals surface area contributed by atoms with Crippen LogP contribution >= 0.6 is 11.6 Å². The summed E-state index contributed by atoms with van der Waals surface area (Å²) < 4.78 is 122. The van der Waals surface area contributed by atoms with E-state index >= 15 is 0 Å². The van der Waals surface area contributed by atoms with Crippen LogP contribution in [0.15, 0.2) is 24.3 Å². The molecule has 0 saturated heterocycles. The maximum Gasteiger partial charge on any atom is 0.460 e.